The second-order valence-electron chi connectivity index (χ2n) is 5.99. The molecule has 132 valence electrons. The number of para-hydroxylation sites is 1. The first-order chi connectivity index (χ1) is 12.9. The molecule has 0 amide bonds. The van der Waals surface area contributed by atoms with Crippen LogP contribution in [0.2, 0.25) is 0 Å². The van der Waals surface area contributed by atoms with Gasteiger partial charge in [-0.05, 0) is 24.2 Å². The number of aromatic nitrogens is 2. The van der Waals surface area contributed by atoms with Gasteiger partial charge in [0, 0.05) is 31.3 Å². The molecule has 0 fully saturated rings. The SMILES string of the molecule is N#Cc1ccccc1O[C@H](CCNCCc1cnc[nH]1)c1ccccc1. The predicted molar refractivity (Wildman–Crippen MR) is 101 cm³/mol. The molecule has 0 aliphatic heterocycles. The van der Waals surface area contributed by atoms with Crippen molar-refractivity contribution >= 4 is 0 Å². The van der Waals surface area contributed by atoms with Crippen molar-refractivity contribution in [3.8, 4) is 11.8 Å². The Balaban J connectivity index is 1.60. The molecular formula is C21H22N4O. The molecule has 0 saturated heterocycles. The number of nitrogens with zero attached hydrogens (tertiary/aromatic N) is 2. The first-order valence-corrected chi connectivity index (χ1v) is 8.75. The van der Waals surface area contributed by atoms with Crippen molar-refractivity contribution in [2.45, 2.75) is 18.9 Å². The third kappa shape index (κ3) is 4.95. The van der Waals surface area contributed by atoms with E-state index in [9.17, 15) is 5.26 Å². The summed E-state index contributed by atoms with van der Waals surface area (Å²) >= 11 is 0. The Morgan fingerprint density at radius 1 is 1.08 bits per heavy atom. The number of hydrogen-bond acceptors (Lipinski definition) is 4. The molecule has 0 spiro atoms. The van der Waals surface area contributed by atoms with E-state index < -0.39 is 0 Å². The van der Waals surface area contributed by atoms with Gasteiger partial charge in [-0.2, -0.15) is 5.26 Å². The molecule has 26 heavy (non-hydrogen) atoms. The van der Waals surface area contributed by atoms with Crippen LogP contribution in [0.4, 0.5) is 0 Å². The fraction of sp³-hybridized carbons (Fsp3) is 0.238. The minimum atomic E-state index is -0.106. The van der Waals surface area contributed by atoms with Crippen molar-refractivity contribution in [1.29, 1.82) is 5.26 Å². The molecule has 2 N–H and O–H groups in total. The van der Waals surface area contributed by atoms with Crippen LogP contribution in [0.25, 0.3) is 0 Å². The highest BCUT2D eigenvalue weighted by molar-refractivity contribution is 5.43. The van der Waals surface area contributed by atoms with Crippen LogP contribution in [0.1, 0.15) is 29.3 Å². The van der Waals surface area contributed by atoms with Crippen LogP contribution in [-0.2, 0) is 6.42 Å². The summed E-state index contributed by atoms with van der Waals surface area (Å²) < 4.78 is 6.20. The minimum Gasteiger partial charge on any atom is -0.484 e. The Bertz CT molecular complexity index is 825. The monoisotopic (exact) mass is 346 g/mol. The third-order valence-corrected chi connectivity index (χ3v) is 4.16. The molecular weight excluding hydrogens is 324 g/mol. The van der Waals surface area contributed by atoms with Crippen LogP contribution in [0.15, 0.2) is 67.1 Å². The summed E-state index contributed by atoms with van der Waals surface area (Å²) in [4.78, 5) is 7.12. The molecule has 1 heterocycles. The van der Waals surface area contributed by atoms with Crippen molar-refractivity contribution in [2.75, 3.05) is 13.1 Å². The Morgan fingerprint density at radius 2 is 1.88 bits per heavy atom. The van der Waals surface area contributed by atoms with Crippen molar-refractivity contribution in [2.24, 2.45) is 0 Å². The maximum atomic E-state index is 9.29. The first kappa shape index (κ1) is 17.7. The highest BCUT2D eigenvalue weighted by Gasteiger charge is 2.15. The lowest BCUT2D eigenvalue weighted by Crippen LogP contribution is -2.22. The van der Waals surface area contributed by atoms with Gasteiger partial charge >= 0.3 is 0 Å². The van der Waals surface area contributed by atoms with Gasteiger partial charge in [0.25, 0.3) is 0 Å². The Morgan fingerprint density at radius 3 is 2.65 bits per heavy atom. The van der Waals surface area contributed by atoms with E-state index in [-0.39, 0.29) is 6.10 Å². The number of imidazole rings is 1. The minimum absolute atomic E-state index is 0.106. The lowest BCUT2D eigenvalue weighted by Gasteiger charge is -2.20. The van der Waals surface area contributed by atoms with Gasteiger partial charge in [0.1, 0.15) is 17.9 Å². The standard InChI is InChI=1S/C21H22N4O/c22-14-18-8-4-5-9-20(18)26-21(17-6-2-1-3-7-17)11-13-23-12-10-19-15-24-16-25-19/h1-9,15-16,21,23H,10-13H2,(H,24,25)/t21-/m1/s1. The van der Waals surface area contributed by atoms with Gasteiger partial charge in [-0.15, -0.1) is 0 Å². The number of aromatic amines is 1. The van der Waals surface area contributed by atoms with Gasteiger partial charge in [-0.25, -0.2) is 4.98 Å². The van der Waals surface area contributed by atoms with Crippen molar-refractivity contribution in [3.63, 3.8) is 0 Å². The van der Waals surface area contributed by atoms with Crippen LogP contribution in [0.3, 0.4) is 0 Å². The van der Waals surface area contributed by atoms with E-state index >= 15 is 0 Å². The lowest BCUT2D eigenvalue weighted by molar-refractivity contribution is 0.193. The van der Waals surface area contributed by atoms with Crippen LogP contribution in [0, 0.1) is 11.3 Å². The van der Waals surface area contributed by atoms with Gasteiger partial charge in [0.15, 0.2) is 0 Å². The number of nitriles is 1. The second-order valence-corrected chi connectivity index (χ2v) is 5.99. The number of benzene rings is 2. The maximum absolute atomic E-state index is 9.29. The van der Waals surface area contributed by atoms with Gasteiger partial charge in [-0.1, -0.05) is 42.5 Å². The average Bonchev–Trinajstić information content (AvgIpc) is 3.21. The summed E-state index contributed by atoms with van der Waals surface area (Å²) in [6.45, 7) is 1.70. The maximum Gasteiger partial charge on any atom is 0.137 e. The fourth-order valence-corrected chi connectivity index (χ4v) is 2.78. The van der Waals surface area contributed by atoms with Crippen molar-refractivity contribution < 1.29 is 4.74 Å². The number of ether oxygens (including phenoxy) is 1. The van der Waals surface area contributed by atoms with E-state index in [0.29, 0.717) is 11.3 Å². The molecule has 3 aromatic rings. The molecule has 5 nitrogen and oxygen atoms in total. The highest BCUT2D eigenvalue weighted by atomic mass is 16.5. The molecule has 5 heteroatoms. The number of nitrogens with one attached hydrogen (secondary N) is 2. The van der Waals surface area contributed by atoms with E-state index in [1.54, 1.807) is 12.4 Å². The van der Waals surface area contributed by atoms with Crippen LogP contribution in [0.5, 0.6) is 5.75 Å². The van der Waals surface area contributed by atoms with Gasteiger partial charge in [-0.3, -0.25) is 0 Å². The fourth-order valence-electron chi connectivity index (χ4n) is 2.78. The van der Waals surface area contributed by atoms with Gasteiger partial charge in [0.05, 0.1) is 11.9 Å². The lowest BCUT2D eigenvalue weighted by atomic mass is 10.1. The zero-order valence-corrected chi connectivity index (χ0v) is 14.6. The second kappa shape index (κ2) is 9.40. The zero-order valence-electron chi connectivity index (χ0n) is 14.6. The number of H-pyrrole nitrogens is 1. The summed E-state index contributed by atoms with van der Waals surface area (Å²) in [6, 6.07) is 19.7. The third-order valence-electron chi connectivity index (χ3n) is 4.16. The molecule has 0 radical (unpaired) electrons. The van der Waals surface area contributed by atoms with E-state index in [2.05, 4.69) is 33.5 Å². The Labute approximate surface area is 153 Å². The van der Waals surface area contributed by atoms with Crippen molar-refractivity contribution in [3.05, 3.63) is 83.9 Å². The Kier molecular flexibility index (Phi) is 6.40. The predicted octanol–water partition coefficient (Wildman–Crippen LogP) is 3.62. The van der Waals surface area contributed by atoms with Crippen LogP contribution in [-0.4, -0.2) is 23.1 Å². The van der Waals surface area contributed by atoms with Gasteiger partial charge in [0.2, 0.25) is 0 Å². The van der Waals surface area contributed by atoms with E-state index in [4.69, 9.17) is 4.74 Å². The molecule has 0 aliphatic rings. The van der Waals surface area contributed by atoms with Crippen LogP contribution < -0.4 is 10.1 Å². The largest absolute Gasteiger partial charge is 0.484 e. The molecule has 0 unspecified atom stereocenters. The topological polar surface area (TPSA) is 73.7 Å². The number of hydrogen-bond donors (Lipinski definition) is 2. The normalized spacial score (nSPS) is 11.7. The van der Waals surface area contributed by atoms with E-state index in [0.717, 1.165) is 37.2 Å². The summed E-state index contributed by atoms with van der Waals surface area (Å²) in [7, 11) is 0. The number of rotatable bonds is 9. The zero-order chi connectivity index (χ0) is 18.0. The summed E-state index contributed by atoms with van der Waals surface area (Å²) in [6.07, 6.45) is 5.16. The van der Waals surface area contributed by atoms with Gasteiger partial charge < -0.3 is 15.0 Å². The molecule has 1 aromatic heterocycles. The summed E-state index contributed by atoms with van der Waals surface area (Å²) in [5.74, 6) is 0.626. The quantitative estimate of drug-likeness (QED) is 0.580. The molecule has 3 rings (SSSR count). The van der Waals surface area contributed by atoms with E-state index in [1.807, 2.05) is 42.6 Å². The average molecular weight is 346 g/mol. The summed E-state index contributed by atoms with van der Waals surface area (Å²) in [5.41, 5.74) is 2.78. The molecule has 0 saturated carbocycles. The van der Waals surface area contributed by atoms with Crippen molar-refractivity contribution in [1.82, 2.24) is 15.3 Å². The molecule has 0 bridgehead atoms. The molecule has 0 aliphatic carbocycles. The first-order valence-electron chi connectivity index (χ1n) is 8.75. The molecule has 2 aromatic carbocycles. The molecule has 1 atom stereocenters. The van der Waals surface area contributed by atoms with E-state index in [1.165, 1.54) is 0 Å². The summed E-state index contributed by atoms with van der Waals surface area (Å²) in [5, 5.41) is 12.7. The highest BCUT2D eigenvalue weighted by Crippen LogP contribution is 2.27. The van der Waals surface area contributed by atoms with Crippen LogP contribution >= 0.6 is 0 Å². The Hall–Kier alpha value is -3.10. The smallest absolute Gasteiger partial charge is 0.137 e.